The van der Waals surface area contributed by atoms with E-state index in [-0.39, 0.29) is 5.78 Å². The van der Waals surface area contributed by atoms with Crippen LogP contribution in [0.1, 0.15) is 50.8 Å². The van der Waals surface area contributed by atoms with Gasteiger partial charge in [0.05, 0.1) is 0 Å². The number of ketones is 1. The van der Waals surface area contributed by atoms with Crippen LogP contribution in [0.3, 0.4) is 0 Å². The van der Waals surface area contributed by atoms with E-state index in [1.807, 2.05) is 12.3 Å². The maximum absolute atomic E-state index is 11.9. The SMILES string of the molecule is CCc1ccc(CC(=O)CCC(CC)CCN)nc1. The number of rotatable bonds is 9. The van der Waals surface area contributed by atoms with Crippen molar-refractivity contribution in [2.24, 2.45) is 11.7 Å². The van der Waals surface area contributed by atoms with Crippen LogP contribution < -0.4 is 5.73 Å². The van der Waals surface area contributed by atoms with Crippen LogP contribution in [0.4, 0.5) is 0 Å². The summed E-state index contributed by atoms with van der Waals surface area (Å²) >= 11 is 0. The highest BCUT2D eigenvalue weighted by atomic mass is 16.1. The van der Waals surface area contributed by atoms with Crippen LogP contribution in [0.2, 0.25) is 0 Å². The highest BCUT2D eigenvalue weighted by molar-refractivity contribution is 5.80. The maximum atomic E-state index is 11.9. The predicted octanol–water partition coefficient (Wildman–Crippen LogP) is 2.91. The molecule has 0 aliphatic heterocycles. The van der Waals surface area contributed by atoms with Crippen LogP contribution in [0, 0.1) is 5.92 Å². The molecule has 1 unspecified atom stereocenters. The number of pyridine rings is 1. The van der Waals surface area contributed by atoms with Gasteiger partial charge in [-0.2, -0.15) is 0 Å². The summed E-state index contributed by atoms with van der Waals surface area (Å²) < 4.78 is 0. The van der Waals surface area contributed by atoms with Crippen molar-refractivity contribution >= 4 is 5.78 Å². The molecule has 0 saturated carbocycles. The molecule has 1 aromatic rings. The molecule has 3 heteroatoms. The van der Waals surface area contributed by atoms with Crippen molar-refractivity contribution in [3.8, 4) is 0 Å². The Morgan fingerprint density at radius 1 is 1.32 bits per heavy atom. The Morgan fingerprint density at radius 2 is 2.11 bits per heavy atom. The van der Waals surface area contributed by atoms with Crippen molar-refractivity contribution < 1.29 is 4.79 Å². The molecule has 0 bridgehead atoms. The van der Waals surface area contributed by atoms with Crippen molar-refractivity contribution in [2.75, 3.05) is 6.54 Å². The maximum Gasteiger partial charge on any atom is 0.138 e. The molecule has 0 spiro atoms. The molecule has 1 aromatic heterocycles. The highest BCUT2D eigenvalue weighted by Gasteiger charge is 2.10. The van der Waals surface area contributed by atoms with Gasteiger partial charge in [-0.3, -0.25) is 9.78 Å². The standard InChI is InChI=1S/C16H26N2O/c1-3-13(9-10-17)6-8-16(19)11-15-7-5-14(4-2)12-18-15/h5,7,12-13H,3-4,6,8-11,17H2,1-2H3. The van der Waals surface area contributed by atoms with Gasteiger partial charge in [0.2, 0.25) is 0 Å². The smallest absolute Gasteiger partial charge is 0.138 e. The number of carbonyl (C=O) groups is 1. The Balaban J connectivity index is 2.37. The summed E-state index contributed by atoms with van der Waals surface area (Å²) in [4.78, 5) is 16.3. The molecule has 1 atom stereocenters. The Bertz CT molecular complexity index is 373. The van der Waals surface area contributed by atoms with Crippen molar-refractivity contribution in [3.63, 3.8) is 0 Å². The second-order valence-corrected chi connectivity index (χ2v) is 5.12. The molecular weight excluding hydrogens is 236 g/mol. The first-order valence-electron chi connectivity index (χ1n) is 7.35. The fourth-order valence-corrected chi connectivity index (χ4v) is 2.21. The summed E-state index contributed by atoms with van der Waals surface area (Å²) in [6, 6.07) is 4.02. The molecular formula is C16H26N2O. The number of carbonyl (C=O) groups excluding carboxylic acids is 1. The zero-order valence-electron chi connectivity index (χ0n) is 12.2. The van der Waals surface area contributed by atoms with Gasteiger partial charge in [-0.15, -0.1) is 0 Å². The quantitative estimate of drug-likeness (QED) is 0.744. The van der Waals surface area contributed by atoms with Crippen molar-refractivity contribution in [1.29, 1.82) is 0 Å². The van der Waals surface area contributed by atoms with Crippen LogP contribution in [-0.2, 0) is 17.6 Å². The second-order valence-electron chi connectivity index (χ2n) is 5.12. The third-order valence-corrected chi connectivity index (χ3v) is 3.66. The molecule has 3 nitrogen and oxygen atoms in total. The summed E-state index contributed by atoms with van der Waals surface area (Å²) in [5, 5.41) is 0. The zero-order chi connectivity index (χ0) is 14.1. The Kier molecular flexibility index (Phi) is 7.34. The lowest BCUT2D eigenvalue weighted by molar-refractivity contribution is -0.118. The average Bonchev–Trinajstić information content (AvgIpc) is 2.44. The lowest BCUT2D eigenvalue weighted by atomic mass is 9.94. The number of Topliss-reactive ketones (excluding diaryl/α,β-unsaturated/α-hetero) is 1. The first-order valence-corrected chi connectivity index (χ1v) is 7.35. The number of aryl methyl sites for hydroxylation is 1. The Morgan fingerprint density at radius 3 is 2.63 bits per heavy atom. The number of nitrogens with two attached hydrogens (primary N) is 1. The van der Waals surface area contributed by atoms with Crippen LogP contribution >= 0.6 is 0 Å². The van der Waals surface area contributed by atoms with Gasteiger partial charge in [-0.05, 0) is 43.4 Å². The number of hydrogen-bond acceptors (Lipinski definition) is 3. The first-order chi connectivity index (χ1) is 9.19. The molecule has 2 N–H and O–H groups in total. The van der Waals surface area contributed by atoms with Gasteiger partial charge in [0.25, 0.3) is 0 Å². The largest absolute Gasteiger partial charge is 0.330 e. The van der Waals surface area contributed by atoms with E-state index < -0.39 is 0 Å². The molecule has 0 aliphatic rings. The van der Waals surface area contributed by atoms with Gasteiger partial charge in [0, 0.05) is 24.7 Å². The van der Waals surface area contributed by atoms with E-state index in [1.54, 1.807) is 0 Å². The molecule has 1 rings (SSSR count). The van der Waals surface area contributed by atoms with Crippen LogP contribution in [0.15, 0.2) is 18.3 Å². The molecule has 0 aliphatic carbocycles. The van der Waals surface area contributed by atoms with E-state index >= 15 is 0 Å². The van der Waals surface area contributed by atoms with Crippen molar-refractivity contribution in [3.05, 3.63) is 29.6 Å². The van der Waals surface area contributed by atoms with E-state index in [9.17, 15) is 4.79 Å². The molecule has 106 valence electrons. The van der Waals surface area contributed by atoms with E-state index in [0.29, 0.717) is 25.3 Å². The van der Waals surface area contributed by atoms with Crippen LogP contribution in [0.5, 0.6) is 0 Å². The lowest BCUT2D eigenvalue weighted by Crippen LogP contribution is -2.11. The third kappa shape index (κ3) is 5.97. The minimum absolute atomic E-state index is 0.284. The molecule has 0 radical (unpaired) electrons. The van der Waals surface area contributed by atoms with E-state index in [0.717, 1.165) is 31.4 Å². The summed E-state index contributed by atoms with van der Waals surface area (Å²) in [7, 11) is 0. The summed E-state index contributed by atoms with van der Waals surface area (Å²) in [6.07, 6.45) is 7.05. The monoisotopic (exact) mass is 262 g/mol. The second kappa shape index (κ2) is 8.81. The van der Waals surface area contributed by atoms with Crippen molar-refractivity contribution in [1.82, 2.24) is 4.98 Å². The summed E-state index contributed by atoms with van der Waals surface area (Å²) in [5.74, 6) is 0.872. The van der Waals surface area contributed by atoms with Crippen LogP contribution in [-0.4, -0.2) is 17.3 Å². The fraction of sp³-hybridized carbons (Fsp3) is 0.625. The molecule has 1 heterocycles. The van der Waals surface area contributed by atoms with Gasteiger partial charge < -0.3 is 5.73 Å². The third-order valence-electron chi connectivity index (χ3n) is 3.66. The van der Waals surface area contributed by atoms with Gasteiger partial charge >= 0.3 is 0 Å². The predicted molar refractivity (Wildman–Crippen MR) is 79.0 cm³/mol. The van der Waals surface area contributed by atoms with Gasteiger partial charge in [-0.1, -0.05) is 26.3 Å². The lowest BCUT2D eigenvalue weighted by Gasteiger charge is -2.12. The summed E-state index contributed by atoms with van der Waals surface area (Å²) in [6.45, 7) is 4.98. The van der Waals surface area contributed by atoms with Gasteiger partial charge in [0.1, 0.15) is 5.78 Å². The molecule has 19 heavy (non-hydrogen) atoms. The highest BCUT2D eigenvalue weighted by Crippen LogP contribution is 2.15. The molecule has 0 saturated heterocycles. The molecule has 0 aromatic carbocycles. The number of aromatic nitrogens is 1. The van der Waals surface area contributed by atoms with Gasteiger partial charge in [-0.25, -0.2) is 0 Å². The molecule has 0 amide bonds. The summed E-state index contributed by atoms with van der Waals surface area (Å²) in [5.41, 5.74) is 7.66. The zero-order valence-corrected chi connectivity index (χ0v) is 12.2. The fourth-order valence-electron chi connectivity index (χ4n) is 2.21. The van der Waals surface area contributed by atoms with Gasteiger partial charge in [0.15, 0.2) is 0 Å². The normalized spacial score (nSPS) is 12.4. The van der Waals surface area contributed by atoms with E-state index in [4.69, 9.17) is 5.73 Å². The number of hydrogen-bond donors (Lipinski definition) is 1. The first kappa shape index (κ1) is 15.8. The van der Waals surface area contributed by atoms with E-state index in [1.165, 1.54) is 5.56 Å². The van der Waals surface area contributed by atoms with Crippen molar-refractivity contribution in [2.45, 2.75) is 52.4 Å². The minimum Gasteiger partial charge on any atom is -0.330 e. The van der Waals surface area contributed by atoms with Crippen LogP contribution in [0.25, 0.3) is 0 Å². The number of nitrogens with zero attached hydrogens (tertiary/aromatic N) is 1. The average molecular weight is 262 g/mol. The Hall–Kier alpha value is -1.22. The van der Waals surface area contributed by atoms with E-state index in [2.05, 4.69) is 24.9 Å². The minimum atomic E-state index is 0.284. The Labute approximate surface area is 116 Å². The molecule has 0 fully saturated rings. The topological polar surface area (TPSA) is 56.0 Å².